The van der Waals surface area contributed by atoms with Gasteiger partial charge in [-0.2, -0.15) is 0 Å². The molecule has 4 heteroatoms. The number of nitrogens with zero attached hydrogens (tertiary/aromatic N) is 2. The van der Waals surface area contributed by atoms with E-state index in [-0.39, 0.29) is 6.10 Å². The number of hydrogen-bond acceptors (Lipinski definition) is 3. The average molecular weight is 258 g/mol. The predicted octanol–water partition coefficient (Wildman–Crippen LogP) is 2.02. The first-order valence-corrected chi connectivity index (χ1v) is 6.64. The highest BCUT2D eigenvalue weighted by Gasteiger charge is 2.23. The summed E-state index contributed by atoms with van der Waals surface area (Å²) < 4.78 is 7.86. The summed E-state index contributed by atoms with van der Waals surface area (Å²) >= 11 is 0. The Kier molecular flexibility index (Phi) is 3.25. The Morgan fingerprint density at radius 3 is 3.16 bits per heavy atom. The van der Waals surface area contributed by atoms with E-state index in [1.54, 1.807) is 6.20 Å². The number of benzene rings is 1. The number of aromatic nitrogens is 2. The number of aliphatic hydroxyl groups is 1. The quantitative estimate of drug-likeness (QED) is 0.912. The van der Waals surface area contributed by atoms with Gasteiger partial charge in [-0.05, 0) is 24.5 Å². The maximum Gasteiger partial charge on any atom is 0.122 e. The number of hydrogen-bond donors (Lipinski definition) is 1. The zero-order valence-electron chi connectivity index (χ0n) is 11.0. The molecular weight excluding hydrogens is 240 g/mol. The van der Waals surface area contributed by atoms with Gasteiger partial charge in [-0.1, -0.05) is 12.1 Å². The molecule has 0 saturated carbocycles. The molecule has 0 spiro atoms. The first-order valence-electron chi connectivity index (χ1n) is 6.64. The van der Waals surface area contributed by atoms with Crippen molar-refractivity contribution in [3.63, 3.8) is 0 Å². The summed E-state index contributed by atoms with van der Waals surface area (Å²) in [5.41, 5.74) is 2.18. The number of ether oxygens (including phenoxy) is 1. The minimum Gasteiger partial charge on any atom is -0.493 e. The summed E-state index contributed by atoms with van der Waals surface area (Å²) in [6.45, 7) is 0.609. The van der Waals surface area contributed by atoms with Gasteiger partial charge in [0, 0.05) is 31.4 Å². The highest BCUT2D eigenvalue weighted by Crippen LogP contribution is 2.36. The molecular formula is C15H18N2O2. The van der Waals surface area contributed by atoms with Gasteiger partial charge in [0.25, 0.3) is 0 Å². The van der Waals surface area contributed by atoms with Crippen molar-refractivity contribution in [1.82, 2.24) is 9.55 Å². The highest BCUT2D eigenvalue weighted by molar-refractivity contribution is 5.44. The van der Waals surface area contributed by atoms with Crippen LogP contribution in [-0.2, 0) is 19.9 Å². The molecule has 1 N–H and O–H groups in total. The molecule has 2 aromatic rings. The van der Waals surface area contributed by atoms with E-state index in [1.165, 1.54) is 0 Å². The van der Waals surface area contributed by atoms with E-state index in [9.17, 15) is 5.11 Å². The van der Waals surface area contributed by atoms with Gasteiger partial charge >= 0.3 is 0 Å². The lowest BCUT2D eigenvalue weighted by Crippen LogP contribution is -2.07. The largest absolute Gasteiger partial charge is 0.493 e. The van der Waals surface area contributed by atoms with Crippen LogP contribution < -0.4 is 4.74 Å². The van der Waals surface area contributed by atoms with Gasteiger partial charge < -0.3 is 14.4 Å². The second-order valence-electron chi connectivity index (χ2n) is 4.93. The third-order valence-electron chi connectivity index (χ3n) is 3.70. The van der Waals surface area contributed by atoms with E-state index in [0.717, 1.165) is 42.0 Å². The second-order valence-corrected chi connectivity index (χ2v) is 4.93. The summed E-state index contributed by atoms with van der Waals surface area (Å²) in [6, 6.07) is 5.91. The molecule has 0 bridgehead atoms. The van der Waals surface area contributed by atoms with Crippen molar-refractivity contribution in [3.05, 3.63) is 47.5 Å². The van der Waals surface area contributed by atoms with E-state index < -0.39 is 0 Å². The number of imidazole rings is 1. The lowest BCUT2D eigenvalue weighted by atomic mass is 10.1. The minimum absolute atomic E-state index is 0.326. The zero-order chi connectivity index (χ0) is 13.2. The fourth-order valence-corrected chi connectivity index (χ4v) is 2.62. The summed E-state index contributed by atoms with van der Waals surface area (Å²) in [6.07, 6.45) is 5.89. The van der Waals surface area contributed by atoms with Crippen molar-refractivity contribution in [1.29, 1.82) is 0 Å². The van der Waals surface area contributed by atoms with Crippen LogP contribution >= 0.6 is 0 Å². The number of fused-ring (bicyclic) bond motifs is 1. The number of rotatable bonds is 4. The predicted molar refractivity (Wildman–Crippen MR) is 72.1 cm³/mol. The van der Waals surface area contributed by atoms with E-state index in [4.69, 9.17) is 4.74 Å². The molecule has 1 heterocycles. The Labute approximate surface area is 112 Å². The van der Waals surface area contributed by atoms with Crippen LogP contribution in [0.25, 0.3) is 0 Å². The van der Waals surface area contributed by atoms with Crippen LogP contribution in [0, 0.1) is 0 Å². The molecule has 1 aromatic heterocycles. The van der Waals surface area contributed by atoms with Crippen LogP contribution in [0.5, 0.6) is 5.75 Å². The zero-order valence-corrected chi connectivity index (χ0v) is 11.0. The first-order chi connectivity index (χ1) is 9.25. The van der Waals surface area contributed by atoms with E-state index >= 15 is 0 Å². The van der Waals surface area contributed by atoms with Gasteiger partial charge in [0.05, 0.1) is 12.7 Å². The van der Waals surface area contributed by atoms with Crippen LogP contribution in [-0.4, -0.2) is 21.3 Å². The van der Waals surface area contributed by atoms with E-state index in [1.807, 2.05) is 36.0 Å². The molecule has 0 fully saturated rings. The van der Waals surface area contributed by atoms with Crippen LogP contribution in [0.1, 0.15) is 29.5 Å². The molecule has 3 rings (SSSR count). The smallest absolute Gasteiger partial charge is 0.122 e. The van der Waals surface area contributed by atoms with Crippen LogP contribution in [0.15, 0.2) is 30.6 Å². The minimum atomic E-state index is -0.326. The average Bonchev–Trinajstić information content (AvgIpc) is 2.98. The topological polar surface area (TPSA) is 47.3 Å². The fourth-order valence-electron chi connectivity index (χ4n) is 2.62. The van der Waals surface area contributed by atoms with Crippen molar-refractivity contribution >= 4 is 0 Å². The molecule has 1 atom stereocenters. The van der Waals surface area contributed by atoms with Gasteiger partial charge in [0.1, 0.15) is 11.6 Å². The number of aliphatic hydroxyl groups excluding tert-OH is 1. The van der Waals surface area contributed by atoms with Gasteiger partial charge in [-0.15, -0.1) is 0 Å². The molecule has 4 nitrogen and oxygen atoms in total. The van der Waals surface area contributed by atoms with Crippen LogP contribution in [0.2, 0.25) is 0 Å². The molecule has 0 amide bonds. The fraction of sp³-hybridized carbons (Fsp3) is 0.400. The monoisotopic (exact) mass is 258 g/mol. The van der Waals surface area contributed by atoms with Crippen molar-refractivity contribution in [2.45, 2.75) is 25.4 Å². The van der Waals surface area contributed by atoms with Crippen molar-refractivity contribution in [2.24, 2.45) is 7.05 Å². The molecule has 1 aliphatic rings. The third kappa shape index (κ3) is 2.36. The molecule has 1 aliphatic carbocycles. The van der Waals surface area contributed by atoms with E-state index in [0.29, 0.717) is 6.61 Å². The Hall–Kier alpha value is -1.81. The van der Waals surface area contributed by atoms with Crippen molar-refractivity contribution in [3.8, 4) is 5.75 Å². The highest BCUT2D eigenvalue weighted by atomic mass is 16.5. The molecule has 0 aliphatic heterocycles. The summed E-state index contributed by atoms with van der Waals surface area (Å²) in [7, 11) is 1.99. The SMILES string of the molecule is Cn1ccnc1CCOc1cccc2c1CCC2O. The molecule has 19 heavy (non-hydrogen) atoms. The maximum absolute atomic E-state index is 9.85. The van der Waals surface area contributed by atoms with Crippen LogP contribution in [0.3, 0.4) is 0 Å². The van der Waals surface area contributed by atoms with Gasteiger partial charge in [-0.3, -0.25) is 0 Å². The molecule has 0 radical (unpaired) electrons. The van der Waals surface area contributed by atoms with Crippen LogP contribution in [0.4, 0.5) is 0 Å². The Morgan fingerprint density at radius 1 is 1.47 bits per heavy atom. The molecule has 1 unspecified atom stereocenters. The lowest BCUT2D eigenvalue weighted by Gasteiger charge is -2.11. The van der Waals surface area contributed by atoms with Gasteiger partial charge in [0.15, 0.2) is 0 Å². The standard InChI is InChI=1S/C15H18N2O2/c1-17-9-8-16-15(17)7-10-19-14-4-2-3-11-12(14)5-6-13(11)18/h2-4,8-9,13,18H,5-7,10H2,1H3. The maximum atomic E-state index is 9.85. The lowest BCUT2D eigenvalue weighted by molar-refractivity contribution is 0.180. The number of aryl methyl sites for hydroxylation is 1. The Morgan fingerprint density at radius 2 is 2.37 bits per heavy atom. The molecule has 1 aromatic carbocycles. The third-order valence-corrected chi connectivity index (χ3v) is 3.70. The van der Waals surface area contributed by atoms with Crippen molar-refractivity contribution < 1.29 is 9.84 Å². The Balaban J connectivity index is 1.67. The normalized spacial score (nSPS) is 17.5. The summed E-state index contributed by atoms with van der Waals surface area (Å²) in [4.78, 5) is 4.27. The van der Waals surface area contributed by atoms with Gasteiger partial charge in [-0.25, -0.2) is 4.98 Å². The molecule has 0 saturated heterocycles. The Bertz CT molecular complexity index is 577. The molecule has 100 valence electrons. The van der Waals surface area contributed by atoms with Crippen molar-refractivity contribution in [2.75, 3.05) is 6.61 Å². The second kappa shape index (κ2) is 5.05. The summed E-state index contributed by atoms with van der Waals surface area (Å²) in [5.74, 6) is 1.93. The van der Waals surface area contributed by atoms with Gasteiger partial charge in [0.2, 0.25) is 0 Å². The van der Waals surface area contributed by atoms with E-state index in [2.05, 4.69) is 4.98 Å². The summed E-state index contributed by atoms with van der Waals surface area (Å²) in [5, 5.41) is 9.85. The first kappa shape index (κ1) is 12.2.